The zero-order valence-electron chi connectivity index (χ0n) is 4.97. The third-order valence-electron chi connectivity index (χ3n) is 0.542. The molecule has 0 aliphatic rings. The Hall–Kier alpha value is -0.780. The van der Waals surface area contributed by atoms with E-state index in [1.165, 1.54) is 0 Å². The van der Waals surface area contributed by atoms with Gasteiger partial charge in [-0.3, -0.25) is 4.79 Å². The second-order valence-electron chi connectivity index (χ2n) is 1.51. The predicted octanol–water partition coefficient (Wildman–Crippen LogP) is 0.430. The molecule has 0 bridgehead atoms. The fourth-order valence-corrected chi connectivity index (χ4v) is 0.217. The number of aliphatic hydroxyl groups is 1. The Morgan fingerprint density at radius 1 is 1.70 bits per heavy atom. The molecule has 0 rings (SSSR count). The van der Waals surface area contributed by atoms with Crippen LogP contribution in [-0.2, 0) is 9.53 Å². The van der Waals surface area contributed by atoms with Gasteiger partial charge in [0.05, 0.1) is 0 Å². The first-order valence-corrected chi connectivity index (χ1v) is 2.25. The Bertz CT molecular complexity index is 130. The van der Waals surface area contributed by atoms with Gasteiger partial charge in [-0.25, -0.2) is 0 Å². The van der Waals surface area contributed by atoms with Gasteiger partial charge in [0.25, 0.3) is 0 Å². The number of hydrogen-bond acceptors (Lipinski definition) is 3. The molecule has 10 heavy (non-hydrogen) atoms. The highest BCUT2D eigenvalue weighted by Crippen LogP contribution is 2.18. The van der Waals surface area contributed by atoms with E-state index in [1.807, 2.05) is 0 Å². The SMILES string of the molecule is CC(=O)OC(F)C(O)(F)F. The second kappa shape index (κ2) is 2.87. The minimum absolute atomic E-state index is 0.748. The smallest absolute Gasteiger partial charge is 0.420 e. The second-order valence-corrected chi connectivity index (χ2v) is 1.51. The largest absolute Gasteiger partial charge is 0.422 e. The van der Waals surface area contributed by atoms with Crippen molar-refractivity contribution in [3.05, 3.63) is 0 Å². The maximum atomic E-state index is 11.7. The molecule has 0 saturated heterocycles. The van der Waals surface area contributed by atoms with Crippen LogP contribution in [-0.4, -0.2) is 23.5 Å². The normalized spacial score (nSPS) is 14.5. The first-order valence-electron chi connectivity index (χ1n) is 2.25. The van der Waals surface area contributed by atoms with Crippen molar-refractivity contribution in [3.63, 3.8) is 0 Å². The number of rotatable bonds is 2. The molecule has 0 aliphatic heterocycles. The summed E-state index contributed by atoms with van der Waals surface area (Å²) in [4.78, 5) is 9.79. The lowest BCUT2D eigenvalue weighted by atomic mass is 10.6. The number of alkyl halides is 3. The highest BCUT2D eigenvalue weighted by molar-refractivity contribution is 5.66. The van der Waals surface area contributed by atoms with Crippen molar-refractivity contribution in [1.82, 2.24) is 0 Å². The molecule has 0 heterocycles. The Morgan fingerprint density at radius 3 is 2.20 bits per heavy atom. The molecule has 60 valence electrons. The average Bonchev–Trinajstić information content (AvgIpc) is 1.60. The van der Waals surface area contributed by atoms with E-state index in [0.717, 1.165) is 6.92 Å². The molecule has 0 aliphatic carbocycles. The van der Waals surface area contributed by atoms with Crippen molar-refractivity contribution < 1.29 is 27.8 Å². The van der Waals surface area contributed by atoms with Gasteiger partial charge in [0.1, 0.15) is 0 Å². The fourth-order valence-electron chi connectivity index (χ4n) is 0.217. The van der Waals surface area contributed by atoms with Crippen LogP contribution in [0.5, 0.6) is 0 Å². The van der Waals surface area contributed by atoms with Gasteiger partial charge in [0.2, 0.25) is 0 Å². The molecular formula is C4H5F3O3. The van der Waals surface area contributed by atoms with E-state index in [0.29, 0.717) is 0 Å². The fraction of sp³-hybridized carbons (Fsp3) is 0.750. The van der Waals surface area contributed by atoms with E-state index >= 15 is 0 Å². The van der Waals surface area contributed by atoms with E-state index in [1.54, 1.807) is 0 Å². The van der Waals surface area contributed by atoms with E-state index in [4.69, 9.17) is 5.11 Å². The topological polar surface area (TPSA) is 46.5 Å². The molecule has 0 saturated carbocycles. The number of hydrogen-bond donors (Lipinski definition) is 1. The number of ether oxygens (including phenoxy) is 1. The third-order valence-corrected chi connectivity index (χ3v) is 0.542. The van der Waals surface area contributed by atoms with Crippen molar-refractivity contribution in [2.45, 2.75) is 19.4 Å². The third kappa shape index (κ3) is 3.29. The summed E-state index contributed by atoms with van der Waals surface area (Å²) in [5, 5.41) is 7.55. The maximum absolute atomic E-state index is 11.7. The maximum Gasteiger partial charge on any atom is 0.420 e. The minimum atomic E-state index is -4.62. The summed E-state index contributed by atoms with van der Waals surface area (Å²) >= 11 is 0. The van der Waals surface area contributed by atoms with Crippen LogP contribution in [0.1, 0.15) is 6.92 Å². The predicted molar refractivity (Wildman–Crippen MR) is 23.8 cm³/mol. The minimum Gasteiger partial charge on any atom is -0.422 e. The quantitative estimate of drug-likeness (QED) is 0.592. The molecule has 1 unspecified atom stereocenters. The highest BCUT2D eigenvalue weighted by atomic mass is 19.3. The number of esters is 1. The molecule has 0 amide bonds. The van der Waals surface area contributed by atoms with Gasteiger partial charge in [-0.15, -0.1) is 0 Å². The van der Waals surface area contributed by atoms with Gasteiger partial charge >= 0.3 is 18.4 Å². The van der Waals surface area contributed by atoms with Crippen LogP contribution in [0.2, 0.25) is 0 Å². The summed E-state index contributed by atoms with van der Waals surface area (Å²) in [5.41, 5.74) is 0. The van der Waals surface area contributed by atoms with Crippen molar-refractivity contribution >= 4 is 5.97 Å². The van der Waals surface area contributed by atoms with Crippen LogP contribution in [0.4, 0.5) is 13.2 Å². The molecule has 0 fully saturated rings. The Morgan fingerprint density at radius 2 is 2.10 bits per heavy atom. The van der Waals surface area contributed by atoms with Gasteiger partial charge < -0.3 is 9.84 Å². The lowest BCUT2D eigenvalue weighted by Crippen LogP contribution is -2.32. The van der Waals surface area contributed by atoms with Gasteiger partial charge in [-0.2, -0.15) is 13.2 Å². The van der Waals surface area contributed by atoms with Gasteiger partial charge in [-0.1, -0.05) is 0 Å². The van der Waals surface area contributed by atoms with Gasteiger partial charge in [0.15, 0.2) is 0 Å². The summed E-state index contributed by atoms with van der Waals surface area (Å²) in [6.07, 6.45) is -7.91. The van der Waals surface area contributed by atoms with Crippen LogP contribution in [0.15, 0.2) is 0 Å². The zero-order valence-corrected chi connectivity index (χ0v) is 4.97. The Kier molecular flexibility index (Phi) is 2.65. The van der Waals surface area contributed by atoms with E-state index in [2.05, 4.69) is 4.74 Å². The first kappa shape index (κ1) is 9.22. The van der Waals surface area contributed by atoms with Gasteiger partial charge in [-0.05, 0) is 0 Å². The van der Waals surface area contributed by atoms with E-state index in [-0.39, 0.29) is 0 Å². The van der Waals surface area contributed by atoms with Crippen molar-refractivity contribution in [1.29, 1.82) is 0 Å². The van der Waals surface area contributed by atoms with Crippen molar-refractivity contribution in [3.8, 4) is 0 Å². The van der Waals surface area contributed by atoms with E-state index in [9.17, 15) is 18.0 Å². The first-order chi connectivity index (χ1) is 4.34. The molecule has 0 aromatic carbocycles. The van der Waals surface area contributed by atoms with Crippen LogP contribution < -0.4 is 0 Å². The van der Waals surface area contributed by atoms with Gasteiger partial charge in [0, 0.05) is 6.92 Å². The number of halogens is 3. The summed E-state index contributed by atoms with van der Waals surface area (Å²) in [7, 11) is 0. The summed E-state index contributed by atoms with van der Waals surface area (Å²) in [6, 6.07) is 0. The van der Waals surface area contributed by atoms with Crippen LogP contribution in [0.3, 0.4) is 0 Å². The number of carbonyl (C=O) groups excluding carboxylic acids is 1. The number of carbonyl (C=O) groups is 1. The van der Waals surface area contributed by atoms with E-state index < -0.39 is 18.4 Å². The van der Waals surface area contributed by atoms with Crippen molar-refractivity contribution in [2.75, 3.05) is 0 Å². The molecule has 6 heteroatoms. The molecule has 0 spiro atoms. The molecular weight excluding hydrogens is 153 g/mol. The Labute approximate surface area is 54.4 Å². The molecule has 1 atom stereocenters. The van der Waals surface area contributed by atoms with Crippen LogP contribution in [0, 0.1) is 0 Å². The lowest BCUT2D eigenvalue weighted by molar-refractivity contribution is -0.298. The highest BCUT2D eigenvalue weighted by Gasteiger charge is 2.40. The molecule has 3 nitrogen and oxygen atoms in total. The summed E-state index contributed by atoms with van der Waals surface area (Å²) < 4.78 is 37.8. The molecule has 1 N–H and O–H groups in total. The molecule has 0 aromatic heterocycles. The monoisotopic (exact) mass is 158 g/mol. The van der Waals surface area contributed by atoms with Crippen molar-refractivity contribution in [2.24, 2.45) is 0 Å². The summed E-state index contributed by atoms with van der Waals surface area (Å²) in [5.74, 6) is -1.22. The molecule has 0 aromatic rings. The average molecular weight is 158 g/mol. The Balaban J connectivity index is 3.85. The zero-order chi connectivity index (χ0) is 8.36. The standard InChI is InChI=1S/C4H5F3O3/c1-2(8)10-3(5)4(6,7)9/h3,9H,1H3. The van der Waals surface area contributed by atoms with Crippen LogP contribution in [0.25, 0.3) is 0 Å². The lowest BCUT2D eigenvalue weighted by Gasteiger charge is -2.12. The van der Waals surface area contributed by atoms with Crippen LogP contribution >= 0.6 is 0 Å². The summed E-state index contributed by atoms with van der Waals surface area (Å²) in [6.45, 7) is 0.748. The molecule has 0 radical (unpaired) electrons.